The number of nitrogens with one attached hydrogen (secondary N) is 1. The van der Waals surface area contributed by atoms with E-state index in [1.54, 1.807) is 24.3 Å². The lowest BCUT2D eigenvalue weighted by Gasteiger charge is -2.30. The standard InChI is InChI=1S/C11H22N2O2.C7H9NO2S/c1-2-3-4-7-12-10-5-8-13(9-6-10)11(14)15;8-11(9,10)6-7-4-2-1-3-5-7/h10,12H,2-9H2,1H3,(H,14,15);1-5H,6H2,(H2,8,9,10). The number of nitrogens with two attached hydrogens (primary N) is 1. The third-order valence-corrected chi connectivity index (χ3v) is 4.93. The quantitative estimate of drug-likeness (QED) is 0.624. The van der Waals surface area contributed by atoms with Gasteiger partial charge in [-0.25, -0.2) is 18.4 Å². The Morgan fingerprint density at radius 2 is 1.85 bits per heavy atom. The fourth-order valence-corrected chi connectivity index (χ4v) is 3.42. The van der Waals surface area contributed by atoms with E-state index in [-0.39, 0.29) is 5.75 Å². The van der Waals surface area contributed by atoms with Crippen LogP contribution in [0.1, 0.15) is 44.6 Å². The summed E-state index contributed by atoms with van der Waals surface area (Å²) >= 11 is 0. The van der Waals surface area contributed by atoms with Gasteiger partial charge in [-0.15, -0.1) is 0 Å². The van der Waals surface area contributed by atoms with E-state index in [4.69, 9.17) is 10.2 Å². The van der Waals surface area contributed by atoms with Crippen molar-refractivity contribution in [1.82, 2.24) is 10.2 Å². The zero-order valence-corrected chi connectivity index (χ0v) is 16.2. The fourth-order valence-electron chi connectivity index (χ4n) is 2.76. The lowest BCUT2D eigenvalue weighted by molar-refractivity contribution is 0.129. The molecule has 0 bridgehead atoms. The number of primary sulfonamides is 1. The molecule has 0 aliphatic carbocycles. The molecule has 1 heterocycles. The monoisotopic (exact) mass is 385 g/mol. The predicted molar refractivity (Wildman–Crippen MR) is 103 cm³/mol. The molecular weight excluding hydrogens is 354 g/mol. The van der Waals surface area contributed by atoms with Crippen molar-refractivity contribution in [1.29, 1.82) is 0 Å². The lowest BCUT2D eigenvalue weighted by Crippen LogP contribution is -2.44. The van der Waals surface area contributed by atoms with Gasteiger partial charge in [0.1, 0.15) is 0 Å². The fraction of sp³-hybridized carbons (Fsp3) is 0.611. The predicted octanol–water partition coefficient (Wildman–Crippen LogP) is 2.38. The van der Waals surface area contributed by atoms with Crippen LogP contribution >= 0.6 is 0 Å². The van der Waals surface area contributed by atoms with E-state index in [9.17, 15) is 13.2 Å². The molecule has 1 aliphatic rings. The molecule has 8 heteroatoms. The normalized spacial score (nSPS) is 15.2. The van der Waals surface area contributed by atoms with Gasteiger partial charge in [-0.1, -0.05) is 50.1 Å². The Balaban J connectivity index is 0.000000273. The summed E-state index contributed by atoms with van der Waals surface area (Å²) in [7, 11) is -3.38. The number of rotatable bonds is 7. The third kappa shape index (κ3) is 10.4. The highest BCUT2D eigenvalue weighted by atomic mass is 32.2. The van der Waals surface area contributed by atoms with Crippen LogP contribution < -0.4 is 10.5 Å². The first-order valence-corrected chi connectivity index (χ1v) is 10.8. The smallest absolute Gasteiger partial charge is 0.407 e. The van der Waals surface area contributed by atoms with Gasteiger partial charge in [0.05, 0.1) is 5.75 Å². The van der Waals surface area contributed by atoms with Crippen molar-refractivity contribution >= 4 is 16.1 Å². The van der Waals surface area contributed by atoms with Gasteiger partial charge < -0.3 is 15.3 Å². The highest BCUT2D eigenvalue weighted by Gasteiger charge is 2.21. The van der Waals surface area contributed by atoms with Crippen LogP contribution in [-0.2, 0) is 15.8 Å². The number of nitrogens with zero attached hydrogens (tertiary/aromatic N) is 1. The average Bonchev–Trinajstić information content (AvgIpc) is 2.59. The summed E-state index contributed by atoms with van der Waals surface area (Å²) < 4.78 is 21.2. The van der Waals surface area contributed by atoms with Gasteiger partial charge in [0.15, 0.2) is 0 Å². The van der Waals surface area contributed by atoms with Gasteiger partial charge in [0, 0.05) is 19.1 Å². The maximum Gasteiger partial charge on any atom is 0.407 e. The number of hydrogen-bond donors (Lipinski definition) is 3. The SMILES string of the molecule is CCCCCNC1CCN(C(=O)O)CC1.NS(=O)(=O)Cc1ccccc1. The maximum absolute atomic E-state index is 10.7. The van der Waals surface area contributed by atoms with Crippen LogP contribution in [0.3, 0.4) is 0 Å². The first kappa shape index (κ1) is 22.4. The molecule has 0 aromatic heterocycles. The topological polar surface area (TPSA) is 113 Å². The summed E-state index contributed by atoms with van der Waals surface area (Å²) in [6.07, 6.45) is 4.89. The van der Waals surface area contributed by atoms with Crippen LogP contribution in [0.2, 0.25) is 0 Å². The molecule has 0 radical (unpaired) electrons. The molecule has 148 valence electrons. The molecule has 1 fully saturated rings. The molecular formula is C18H31N3O4S. The largest absolute Gasteiger partial charge is 0.465 e. The highest BCUT2D eigenvalue weighted by Crippen LogP contribution is 2.10. The second kappa shape index (κ2) is 11.9. The van der Waals surface area contributed by atoms with E-state index >= 15 is 0 Å². The van der Waals surface area contributed by atoms with Crippen molar-refractivity contribution in [2.45, 2.75) is 50.8 Å². The molecule has 0 saturated carbocycles. The van der Waals surface area contributed by atoms with Crippen LogP contribution in [-0.4, -0.2) is 50.2 Å². The van der Waals surface area contributed by atoms with E-state index in [1.807, 2.05) is 6.07 Å². The summed E-state index contributed by atoms with van der Waals surface area (Å²) in [4.78, 5) is 12.2. The Bertz CT molecular complexity index is 615. The van der Waals surface area contributed by atoms with Crippen molar-refractivity contribution < 1.29 is 18.3 Å². The zero-order valence-electron chi connectivity index (χ0n) is 15.4. The number of benzene rings is 1. The molecule has 1 aromatic carbocycles. The zero-order chi connectivity index (χ0) is 19.4. The van der Waals surface area contributed by atoms with Crippen LogP contribution in [0.4, 0.5) is 4.79 Å². The van der Waals surface area contributed by atoms with Gasteiger partial charge in [-0.05, 0) is 31.4 Å². The van der Waals surface area contributed by atoms with Crippen LogP contribution in [0.25, 0.3) is 0 Å². The first-order chi connectivity index (χ1) is 12.3. The Morgan fingerprint density at radius 1 is 1.23 bits per heavy atom. The van der Waals surface area contributed by atoms with Gasteiger partial charge in [0.2, 0.25) is 10.0 Å². The number of unbranched alkanes of at least 4 members (excludes halogenated alkanes) is 2. The minimum Gasteiger partial charge on any atom is -0.465 e. The Labute approximate surface area is 156 Å². The summed E-state index contributed by atoms with van der Waals surface area (Å²) in [5.74, 6) is -0.0894. The molecule has 1 saturated heterocycles. The van der Waals surface area contributed by atoms with E-state index in [0.717, 1.165) is 24.9 Å². The van der Waals surface area contributed by atoms with Crippen LogP contribution in [0.15, 0.2) is 30.3 Å². The van der Waals surface area contributed by atoms with E-state index < -0.39 is 16.1 Å². The molecule has 4 N–H and O–H groups in total. The number of amides is 1. The van der Waals surface area contributed by atoms with E-state index in [1.165, 1.54) is 24.2 Å². The second-order valence-corrected chi connectivity index (χ2v) is 8.11. The van der Waals surface area contributed by atoms with Crippen molar-refractivity contribution in [2.75, 3.05) is 19.6 Å². The molecule has 1 amide bonds. The molecule has 2 rings (SSSR count). The number of sulfonamides is 1. The van der Waals surface area contributed by atoms with E-state index in [0.29, 0.717) is 19.1 Å². The summed E-state index contributed by atoms with van der Waals surface area (Å²) in [6.45, 7) is 4.64. The van der Waals surface area contributed by atoms with Crippen molar-refractivity contribution in [3.63, 3.8) is 0 Å². The van der Waals surface area contributed by atoms with Gasteiger partial charge in [-0.2, -0.15) is 0 Å². The average molecular weight is 386 g/mol. The third-order valence-electron chi connectivity index (χ3n) is 4.19. The van der Waals surface area contributed by atoms with Crippen molar-refractivity contribution in [2.24, 2.45) is 5.14 Å². The molecule has 26 heavy (non-hydrogen) atoms. The lowest BCUT2D eigenvalue weighted by atomic mass is 10.1. The second-order valence-electron chi connectivity index (χ2n) is 6.50. The number of piperidine rings is 1. The Kier molecular flexibility index (Phi) is 10.2. The summed E-state index contributed by atoms with van der Waals surface area (Å²) in [6, 6.07) is 9.36. The summed E-state index contributed by atoms with van der Waals surface area (Å²) in [5.41, 5.74) is 0.718. The molecule has 7 nitrogen and oxygen atoms in total. The number of hydrogen-bond acceptors (Lipinski definition) is 4. The molecule has 0 spiro atoms. The Hall–Kier alpha value is -1.64. The molecule has 1 aliphatic heterocycles. The number of likely N-dealkylation sites (tertiary alicyclic amines) is 1. The highest BCUT2D eigenvalue weighted by molar-refractivity contribution is 7.88. The molecule has 1 aromatic rings. The van der Waals surface area contributed by atoms with Gasteiger partial charge in [0.25, 0.3) is 0 Å². The molecule has 0 unspecified atom stereocenters. The minimum atomic E-state index is -3.38. The molecule has 0 atom stereocenters. The van der Waals surface area contributed by atoms with Crippen molar-refractivity contribution in [3.8, 4) is 0 Å². The van der Waals surface area contributed by atoms with Crippen molar-refractivity contribution in [3.05, 3.63) is 35.9 Å². The van der Waals surface area contributed by atoms with Gasteiger partial charge in [-0.3, -0.25) is 0 Å². The number of carbonyl (C=O) groups is 1. The number of carboxylic acid groups (broad SMARTS) is 1. The van der Waals surface area contributed by atoms with Crippen LogP contribution in [0, 0.1) is 0 Å². The van der Waals surface area contributed by atoms with Gasteiger partial charge >= 0.3 is 6.09 Å². The summed E-state index contributed by atoms with van der Waals surface area (Å²) in [5, 5.41) is 17.1. The van der Waals surface area contributed by atoms with Crippen LogP contribution in [0.5, 0.6) is 0 Å². The maximum atomic E-state index is 10.7. The first-order valence-electron chi connectivity index (χ1n) is 9.07. The minimum absolute atomic E-state index is 0.0894. The Morgan fingerprint density at radius 3 is 2.35 bits per heavy atom. The van der Waals surface area contributed by atoms with E-state index in [2.05, 4.69) is 12.2 Å².